The van der Waals surface area contributed by atoms with E-state index < -0.39 is 0 Å². The van der Waals surface area contributed by atoms with Gasteiger partial charge in [-0.3, -0.25) is 0 Å². The maximum atomic E-state index is 5.85. The molecular weight excluding hydrogens is 242 g/mol. The van der Waals surface area contributed by atoms with Crippen LogP contribution in [0, 0.1) is 0 Å². The zero-order chi connectivity index (χ0) is 13.3. The van der Waals surface area contributed by atoms with Crippen molar-refractivity contribution < 1.29 is 9.26 Å². The molecule has 1 saturated carbocycles. The first kappa shape index (κ1) is 12.2. The van der Waals surface area contributed by atoms with Gasteiger partial charge in [-0.15, -0.1) is 0 Å². The third kappa shape index (κ3) is 2.00. The number of ether oxygens (including phenoxy) is 1. The number of benzene rings is 1. The Morgan fingerprint density at radius 3 is 2.89 bits per heavy atom. The van der Waals surface area contributed by atoms with Crippen LogP contribution in [0.2, 0.25) is 0 Å². The van der Waals surface area contributed by atoms with Crippen LogP contribution in [-0.2, 0) is 5.41 Å². The molecule has 1 aromatic carbocycles. The first-order valence-electron chi connectivity index (χ1n) is 6.46. The van der Waals surface area contributed by atoms with E-state index in [2.05, 4.69) is 10.1 Å². The third-order valence-corrected chi connectivity index (χ3v) is 3.91. The minimum absolute atomic E-state index is 0.0931. The normalized spacial score (nSPS) is 16.9. The SMILES string of the molecule is COc1cccc(-c2noc(C3(CN)CCC3)n2)c1. The third-order valence-electron chi connectivity index (χ3n) is 3.91. The Kier molecular flexibility index (Phi) is 2.98. The number of nitrogens with zero attached hydrogens (tertiary/aromatic N) is 2. The van der Waals surface area contributed by atoms with Gasteiger partial charge in [0.1, 0.15) is 5.75 Å². The number of nitrogens with two attached hydrogens (primary N) is 1. The fourth-order valence-corrected chi connectivity index (χ4v) is 2.43. The van der Waals surface area contributed by atoms with Crippen molar-refractivity contribution in [2.24, 2.45) is 5.73 Å². The molecule has 0 amide bonds. The smallest absolute Gasteiger partial charge is 0.234 e. The number of aromatic nitrogens is 2. The summed E-state index contributed by atoms with van der Waals surface area (Å²) < 4.78 is 10.6. The van der Waals surface area contributed by atoms with Crippen LogP contribution >= 0.6 is 0 Å². The Bertz CT molecular complexity index is 570. The molecule has 3 rings (SSSR count). The van der Waals surface area contributed by atoms with Gasteiger partial charge >= 0.3 is 0 Å². The molecule has 19 heavy (non-hydrogen) atoms. The molecule has 1 aliphatic rings. The van der Waals surface area contributed by atoms with Crippen LogP contribution in [0.25, 0.3) is 11.4 Å². The van der Waals surface area contributed by atoms with Crippen molar-refractivity contribution in [3.05, 3.63) is 30.2 Å². The van der Waals surface area contributed by atoms with Crippen molar-refractivity contribution in [3.8, 4) is 17.1 Å². The first-order valence-corrected chi connectivity index (χ1v) is 6.46. The van der Waals surface area contributed by atoms with Gasteiger partial charge in [-0.25, -0.2) is 0 Å². The van der Waals surface area contributed by atoms with E-state index in [4.69, 9.17) is 15.0 Å². The van der Waals surface area contributed by atoms with Gasteiger partial charge in [-0.1, -0.05) is 23.7 Å². The van der Waals surface area contributed by atoms with E-state index in [0.29, 0.717) is 18.3 Å². The van der Waals surface area contributed by atoms with Gasteiger partial charge in [0.2, 0.25) is 11.7 Å². The number of hydrogen-bond acceptors (Lipinski definition) is 5. The summed E-state index contributed by atoms with van der Waals surface area (Å²) in [5.41, 5.74) is 6.64. The molecule has 5 heteroatoms. The molecule has 0 unspecified atom stereocenters. The molecule has 0 radical (unpaired) electrons. The summed E-state index contributed by atoms with van der Waals surface area (Å²) >= 11 is 0. The summed E-state index contributed by atoms with van der Waals surface area (Å²) in [6.45, 7) is 0.562. The van der Waals surface area contributed by atoms with E-state index in [1.54, 1.807) is 7.11 Å². The summed E-state index contributed by atoms with van der Waals surface area (Å²) in [5, 5.41) is 4.06. The van der Waals surface area contributed by atoms with Gasteiger partial charge in [0.25, 0.3) is 0 Å². The Hall–Kier alpha value is -1.88. The van der Waals surface area contributed by atoms with E-state index in [-0.39, 0.29) is 5.41 Å². The van der Waals surface area contributed by atoms with Crippen molar-refractivity contribution >= 4 is 0 Å². The van der Waals surface area contributed by atoms with Crippen LogP contribution < -0.4 is 10.5 Å². The number of methoxy groups -OCH3 is 1. The van der Waals surface area contributed by atoms with Crippen LogP contribution in [0.1, 0.15) is 25.2 Å². The largest absolute Gasteiger partial charge is 0.497 e. The lowest BCUT2D eigenvalue weighted by atomic mass is 9.69. The van der Waals surface area contributed by atoms with Gasteiger partial charge in [-0.2, -0.15) is 4.98 Å². The number of rotatable bonds is 4. The first-order chi connectivity index (χ1) is 9.27. The lowest BCUT2D eigenvalue weighted by Crippen LogP contribution is -2.41. The molecule has 1 fully saturated rings. The molecule has 1 aromatic heterocycles. The molecule has 5 nitrogen and oxygen atoms in total. The molecule has 0 aliphatic heterocycles. The van der Waals surface area contributed by atoms with E-state index in [0.717, 1.165) is 24.2 Å². The molecule has 2 aromatic rings. The van der Waals surface area contributed by atoms with Crippen LogP contribution in [0.5, 0.6) is 5.75 Å². The lowest BCUT2D eigenvalue weighted by Gasteiger charge is -2.36. The minimum atomic E-state index is -0.0931. The second-order valence-electron chi connectivity index (χ2n) is 4.99. The predicted molar refractivity (Wildman–Crippen MR) is 70.9 cm³/mol. The van der Waals surface area contributed by atoms with Gasteiger partial charge in [0.05, 0.1) is 12.5 Å². The molecule has 2 N–H and O–H groups in total. The average Bonchev–Trinajstić information content (AvgIpc) is 2.88. The molecule has 1 aliphatic carbocycles. The van der Waals surface area contributed by atoms with Crippen molar-refractivity contribution in [1.29, 1.82) is 0 Å². The highest BCUT2D eigenvalue weighted by Crippen LogP contribution is 2.42. The molecule has 100 valence electrons. The fourth-order valence-electron chi connectivity index (χ4n) is 2.43. The average molecular weight is 259 g/mol. The van der Waals surface area contributed by atoms with E-state index in [1.807, 2.05) is 24.3 Å². The summed E-state index contributed by atoms with van der Waals surface area (Å²) in [7, 11) is 1.64. The van der Waals surface area contributed by atoms with Gasteiger partial charge in [0.15, 0.2) is 0 Å². The van der Waals surface area contributed by atoms with E-state index in [9.17, 15) is 0 Å². The zero-order valence-electron chi connectivity index (χ0n) is 10.9. The summed E-state index contributed by atoms with van der Waals surface area (Å²) in [5.74, 6) is 2.04. The van der Waals surface area contributed by atoms with Gasteiger partial charge in [0, 0.05) is 12.1 Å². The highest BCUT2D eigenvalue weighted by atomic mass is 16.5. The Morgan fingerprint density at radius 2 is 2.26 bits per heavy atom. The number of hydrogen-bond donors (Lipinski definition) is 1. The molecule has 0 bridgehead atoms. The molecule has 1 heterocycles. The molecule has 0 saturated heterocycles. The minimum Gasteiger partial charge on any atom is -0.497 e. The topological polar surface area (TPSA) is 74.2 Å². The highest BCUT2D eigenvalue weighted by Gasteiger charge is 2.42. The van der Waals surface area contributed by atoms with Crippen LogP contribution in [0.4, 0.5) is 0 Å². The van der Waals surface area contributed by atoms with Gasteiger partial charge in [-0.05, 0) is 25.0 Å². The lowest BCUT2D eigenvalue weighted by molar-refractivity contribution is 0.182. The van der Waals surface area contributed by atoms with Crippen LogP contribution in [0.15, 0.2) is 28.8 Å². The molecule has 0 spiro atoms. The summed E-state index contributed by atoms with van der Waals surface area (Å²) in [4.78, 5) is 4.51. The molecule has 0 atom stereocenters. The van der Waals surface area contributed by atoms with Gasteiger partial charge < -0.3 is 15.0 Å². The van der Waals surface area contributed by atoms with E-state index in [1.165, 1.54) is 6.42 Å². The van der Waals surface area contributed by atoms with Crippen molar-refractivity contribution in [2.75, 3.05) is 13.7 Å². The Balaban J connectivity index is 1.92. The monoisotopic (exact) mass is 259 g/mol. The highest BCUT2D eigenvalue weighted by molar-refractivity contribution is 5.57. The predicted octanol–water partition coefficient (Wildman–Crippen LogP) is 2.13. The Labute approximate surface area is 111 Å². The maximum absolute atomic E-state index is 5.85. The summed E-state index contributed by atoms with van der Waals surface area (Å²) in [6, 6.07) is 7.63. The van der Waals surface area contributed by atoms with Crippen molar-refractivity contribution in [3.63, 3.8) is 0 Å². The standard InChI is InChI=1S/C14H17N3O2/c1-18-11-5-2-4-10(8-11)12-16-13(19-17-12)14(9-15)6-3-7-14/h2,4-5,8H,3,6-7,9,15H2,1H3. The zero-order valence-corrected chi connectivity index (χ0v) is 10.9. The maximum Gasteiger partial charge on any atom is 0.234 e. The molecular formula is C14H17N3O2. The van der Waals surface area contributed by atoms with Crippen molar-refractivity contribution in [1.82, 2.24) is 10.1 Å². The summed E-state index contributed by atoms with van der Waals surface area (Å²) in [6.07, 6.45) is 3.24. The van der Waals surface area contributed by atoms with Crippen molar-refractivity contribution in [2.45, 2.75) is 24.7 Å². The van der Waals surface area contributed by atoms with E-state index >= 15 is 0 Å². The quantitative estimate of drug-likeness (QED) is 0.910. The fraction of sp³-hybridized carbons (Fsp3) is 0.429. The van der Waals surface area contributed by atoms with Crippen LogP contribution in [0.3, 0.4) is 0 Å². The van der Waals surface area contributed by atoms with Crippen LogP contribution in [-0.4, -0.2) is 23.8 Å². The second kappa shape index (κ2) is 4.66. The second-order valence-corrected chi connectivity index (χ2v) is 4.99. The Morgan fingerprint density at radius 1 is 1.42 bits per heavy atom.